The van der Waals surface area contributed by atoms with Crippen molar-refractivity contribution in [2.75, 3.05) is 13.1 Å². The van der Waals surface area contributed by atoms with Crippen LogP contribution in [0.2, 0.25) is 0 Å². The number of benzene rings is 2. The number of hydrogen-bond donors (Lipinski definition) is 2. The summed E-state index contributed by atoms with van der Waals surface area (Å²) >= 11 is 0. The van der Waals surface area contributed by atoms with Gasteiger partial charge in [0.15, 0.2) is 5.76 Å². The number of aromatic nitrogens is 1. The Bertz CT molecular complexity index is 1160. The average Bonchev–Trinajstić information content (AvgIpc) is 3.20. The van der Waals surface area contributed by atoms with E-state index in [-0.39, 0.29) is 0 Å². The first kappa shape index (κ1) is 19.8. The van der Waals surface area contributed by atoms with Crippen LogP contribution in [0.5, 0.6) is 0 Å². The fourth-order valence-corrected chi connectivity index (χ4v) is 6.20. The van der Waals surface area contributed by atoms with Crippen molar-refractivity contribution >= 4 is 16.7 Å². The highest BCUT2D eigenvalue weighted by atomic mass is 16.5. The SMILES string of the molecule is N/N=C(\N)c1ccc2noc(-c3cccc(C4CCN(C5CC6(CCC6)C5)CC4)c3)c2c1. The van der Waals surface area contributed by atoms with Gasteiger partial charge >= 0.3 is 0 Å². The van der Waals surface area contributed by atoms with Crippen LogP contribution in [0, 0.1) is 5.41 Å². The summed E-state index contributed by atoms with van der Waals surface area (Å²) in [6.07, 6.45) is 9.79. The molecule has 1 saturated heterocycles. The molecule has 0 bridgehead atoms. The summed E-state index contributed by atoms with van der Waals surface area (Å²) in [6, 6.07) is 15.3. The van der Waals surface area contributed by atoms with E-state index in [0.717, 1.165) is 39.2 Å². The Morgan fingerprint density at radius 1 is 1.09 bits per heavy atom. The van der Waals surface area contributed by atoms with Gasteiger partial charge in [0.25, 0.3) is 0 Å². The van der Waals surface area contributed by atoms with Crippen LogP contribution in [0.4, 0.5) is 0 Å². The topological polar surface area (TPSA) is 93.7 Å². The largest absolute Gasteiger partial charge is 0.382 e. The van der Waals surface area contributed by atoms with Crippen LogP contribution < -0.4 is 11.6 Å². The molecule has 6 rings (SSSR count). The summed E-state index contributed by atoms with van der Waals surface area (Å²) < 4.78 is 5.75. The zero-order valence-electron chi connectivity index (χ0n) is 18.5. The fraction of sp³-hybridized carbons (Fsp3) is 0.462. The van der Waals surface area contributed by atoms with Gasteiger partial charge in [-0.25, -0.2) is 0 Å². The minimum atomic E-state index is 0.300. The molecule has 4 N–H and O–H groups in total. The molecule has 0 atom stereocenters. The molecule has 1 aromatic heterocycles. The van der Waals surface area contributed by atoms with Crippen molar-refractivity contribution in [3.05, 3.63) is 53.6 Å². The van der Waals surface area contributed by atoms with Crippen molar-refractivity contribution in [3.8, 4) is 11.3 Å². The Kier molecular flexibility index (Phi) is 4.72. The van der Waals surface area contributed by atoms with Crippen LogP contribution in [0.1, 0.15) is 62.0 Å². The summed E-state index contributed by atoms with van der Waals surface area (Å²) in [5, 5.41) is 8.78. The third kappa shape index (κ3) is 3.28. The summed E-state index contributed by atoms with van der Waals surface area (Å²) in [5.41, 5.74) is 10.7. The molecule has 2 saturated carbocycles. The predicted octanol–water partition coefficient (Wildman–Crippen LogP) is 4.59. The molecule has 3 aromatic rings. The fourth-order valence-electron chi connectivity index (χ4n) is 6.20. The van der Waals surface area contributed by atoms with Crippen LogP contribution >= 0.6 is 0 Å². The van der Waals surface area contributed by atoms with E-state index in [2.05, 4.69) is 39.4 Å². The zero-order valence-corrected chi connectivity index (χ0v) is 18.5. The molecular formula is C26H31N5O. The van der Waals surface area contributed by atoms with E-state index in [1.807, 2.05) is 18.2 Å². The average molecular weight is 430 g/mol. The third-order valence-corrected chi connectivity index (χ3v) is 8.33. The van der Waals surface area contributed by atoms with Gasteiger partial charge in [0.05, 0.1) is 5.39 Å². The smallest absolute Gasteiger partial charge is 0.174 e. The van der Waals surface area contributed by atoms with Crippen LogP contribution in [0.3, 0.4) is 0 Å². The predicted molar refractivity (Wildman–Crippen MR) is 127 cm³/mol. The molecular weight excluding hydrogens is 398 g/mol. The molecule has 2 aliphatic carbocycles. The van der Waals surface area contributed by atoms with Crippen molar-refractivity contribution in [1.29, 1.82) is 0 Å². The quantitative estimate of drug-likeness (QED) is 0.274. The van der Waals surface area contributed by atoms with Crippen molar-refractivity contribution in [2.24, 2.45) is 22.1 Å². The second kappa shape index (κ2) is 7.62. The number of amidine groups is 1. The number of nitrogens with two attached hydrogens (primary N) is 2. The first-order valence-corrected chi connectivity index (χ1v) is 11.9. The maximum Gasteiger partial charge on any atom is 0.174 e. The number of nitrogens with zero attached hydrogens (tertiary/aromatic N) is 3. The molecule has 6 nitrogen and oxygen atoms in total. The minimum absolute atomic E-state index is 0.300. The van der Waals surface area contributed by atoms with Gasteiger partial charge in [-0.15, -0.1) is 0 Å². The monoisotopic (exact) mass is 429 g/mol. The maximum atomic E-state index is 5.91. The van der Waals surface area contributed by atoms with Gasteiger partial charge in [0, 0.05) is 17.2 Å². The molecule has 0 radical (unpaired) electrons. The minimum Gasteiger partial charge on any atom is -0.382 e. The van der Waals surface area contributed by atoms with Crippen molar-refractivity contribution in [2.45, 2.75) is 56.9 Å². The molecule has 0 unspecified atom stereocenters. The van der Waals surface area contributed by atoms with E-state index in [1.165, 1.54) is 63.6 Å². The molecule has 2 heterocycles. The van der Waals surface area contributed by atoms with Gasteiger partial charge < -0.3 is 21.0 Å². The number of rotatable bonds is 4. The highest BCUT2D eigenvalue weighted by Gasteiger charge is 2.50. The standard InChI is InChI=1S/C26H31N5O/c27-25(29-28)20-5-6-23-22(14-20)24(32-30-23)19-4-1-3-18(13-19)17-7-11-31(12-8-17)21-15-26(16-21)9-2-10-26/h1,3-6,13-14,17,21H,2,7-12,15-16,28H2,(H2,27,29). The Morgan fingerprint density at radius 3 is 2.62 bits per heavy atom. The number of fused-ring (bicyclic) bond motifs is 1. The van der Waals surface area contributed by atoms with Crippen LogP contribution in [0.15, 0.2) is 52.1 Å². The molecule has 166 valence electrons. The lowest BCUT2D eigenvalue weighted by Crippen LogP contribution is -2.55. The molecule has 1 spiro atoms. The maximum absolute atomic E-state index is 5.91. The Balaban J connectivity index is 1.19. The summed E-state index contributed by atoms with van der Waals surface area (Å²) in [6.45, 7) is 2.45. The van der Waals surface area contributed by atoms with Crippen molar-refractivity contribution in [1.82, 2.24) is 10.1 Å². The van der Waals surface area contributed by atoms with Gasteiger partial charge in [-0.3, -0.25) is 0 Å². The van der Waals surface area contributed by atoms with Gasteiger partial charge in [0.1, 0.15) is 11.4 Å². The Hall–Kier alpha value is -2.86. The lowest BCUT2D eigenvalue weighted by atomic mass is 9.53. The number of likely N-dealkylation sites (tertiary alicyclic amines) is 1. The number of hydrogen-bond acceptors (Lipinski definition) is 5. The number of piperidine rings is 1. The van der Waals surface area contributed by atoms with Crippen molar-refractivity contribution in [3.63, 3.8) is 0 Å². The van der Waals surface area contributed by atoms with Crippen LogP contribution in [-0.4, -0.2) is 35.0 Å². The van der Waals surface area contributed by atoms with Crippen LogP contribution in [0.25, 0.3) is 22.2 Å². The molecule has 3 aliphatic rings. The van der Waals surface area contributed by atoms with Gasteiger partial charge in [0.2, 0.25) is 0 Å². The van der Waals surface area contributed by atoms with Gasteiger partial charge in [-0.05, 0) is 92.8 Å². The van der Waals surface area contributed by atoms with E-state index >= 15 is 0 Å². The molecule has 2 aromatic carbocycles. The highest BCUT2D eigenvalue weighted by Crippen LogP contribution is 2.57. The second-order valence-electron chi connectivity index (χ2n) is 10.1. The molecule has 3 fully saturated rings. The molecule has 32 heavy (non-hydrogen) atoms. The van der Waals surface area contributed by atoms with E-state index in [4.69, 9.17) is 16.1 Å². The summed E-state index contributed by atoms with van der Waals surface area (Å²) in [7, 11) is 0. The highest BCUT2D eigenvalue weighted by molar-refractivity contribution is 6.02. The first-order chi connectivity index (χ1) is 15.6. The third-order valence-electron chi connectivity index (χ3n) is 8.33. The summed E-state index contributed by atoms with van der Waals surface area (Å²) in [5.74, 6) is 7.03. The van der Waals surface area contributed by atoms with E-state index in [1.54, 1.807) is 0 Å². The van der Waals surface area contributed by atoms with E-state index in [9.17, 15) is 0 Å². The van der Waals surface area contributed by atoms with Crippen LogP contribution in [-0.2, 0) is 0 Å². The molecule has 6 heteroatoms. The molecule has 1 aliphatic heterocycles. The normalized spacial score (nSPS) is 22.2. The lowest BCUT2D eigenvalue weighted by Gasteiger charge is -2.58. The van der Waals surface area contributed by atoms with E-state index < -0.39 is 0 Å². The Morgan fingerprint density at radius 2 is 1.91 bits per heavy atom. The summed E-state index contributed by atoms with van der Waals surface area (Å²) in [4.78, 5) is 2.76. The van der Waals surface area contributed by atoms with Gasteiger partial charge in [-0.2, -0.15) is 5.10 Å². The van der Waals surface area contributed by atoms with Gasteiger partial charge in [-0.1, -0.05) is 29.8 Å². The Labute approximate surface area is 188 Å². The van der Waals surface area contributed by atoms with Crippen molar-refractivity contribution < 1.29 is 4.52 Å². The lowest BCUT2D eigenvalue weighted by molar-refractivity contribution is -0.0611. The second-order valence-corrected chi connectivity index (χ2v) is 10.1. The first-order valence-electron chi connectivity index (χ1n) is 11.9. The zero-order chi connectivity index (χ0) is 21.7. The van der Waals surface area contributed by atoms with E-state index in [0.29, 0.717) is 11.8 Å². The molecule has 0 amide bonds. The number of hydrazone groups is 1.